The summed E-state index contributed by atoms with van der Waals surface area (Å²) in [5.74, 6) is 0.0927. The minimum absolute atomic E-state index is 0.0692. The first-order valence-electron chi connectivity index (χ1n) is 9.94. The molecule has 0 radical (unpaired) electrons. The van der Waals surface area contributed by atoms with Gasteiger partial charge in [-0.3, -0.25) is 9.52 Å². The molecule has 0 saturated heterocycles. The van der Waals surface area contributed by atoms with Crippen molar-refractivity contribution < 1.29 is 17.9 Å². The lowest BCUT2D eigenvalue weighted by molar-refractivity contribution is 0.102. The first-order chi connectivity index (χ1) is 15.4. The van der Waals surface area contributed by atoms with E-state index in [0.29, 0.717) is 28.3 Å². The van der Waals surface area contributed by atoms with Crippen molar-refractivity contribution >= 4 is 38.1 Å². The van der Waals surface area contributed by atoms with Crippen LogP contribution in [0.1, 0.15) is 15.9 Å². The molecule has 0 heterocycles. The number of amides is 1. The highest BCUT2D eigenvalue weighted by Crippen LogP contribution is 2.28. The number of carbonyl (C=O) groups is 1. The summed E-state index contributed by atoms with van der Waals surface area (Å²) in [7, 11) is -2.44. The fourth-order valence-electron chi connectivity index (χ4n) is 3.43. The van der Waals surface area contributed by atoms with Crippen molar-refractivity contribution in [1.29, 1.82) is 0 Å². The molecule has 162 valence electrons. The van der Waals surface area contributed by atoms with E-state index in [1.165, 1.54) is 13.2 Å². The third-order valence-electron chi connectivity index (χ3n) is 5.10. The molecule has 0 aliphatic heterocycles. The summed E-state index contributed by atoms with van der Waals surface area (Å²) >= 11 is 0. The summed E-state index contributed by atoms with van der Waals surface area (Å²) in [6.45, 7) is 1.70. The predicted octanol–water partition coefficient (Wildman–Crippen LogP) is 5.21. The molecule has 0 spiro atoms. The Bertz CT molecular complexity index is 1410. The maximum atomic E-state index is 13.1. The van der Waals surface area contributed by atoms with Gasteiger partial charge in [-0.1, -0.05) is 48.5 Å². The largest absolute Gasteiger partial charge is 0.495 e. The molecule has 7 heteroatoms. The van der Waals surface area contributed by atoms with Crippen LogP contribution in [-0.4, -0.2) is 21.4 Å². The third kappa shape index (κ3) is 4.43. The highest BCUT2D eigenvalue weighted by atomic mass is 32.2. The number of ether oxygens (including phenoxy) is 1. The van der Waals surface area contributed by atoms with E-state index in [9.17, 15) is 13.2 Å². The smallest absolute Gasteiger partial charge is 0.262 e. The van der Waals surface area contributed by atoms with Crippen molar-refractivity contribution in [3.63, 3.8) is 0 Å². The standard InChI is InChI=1S/C25H22N2O4S/c1-17-11-14-21(26-25(28)20-13-12-18-7-3-4-8-19(18)15-20)16-24(17)32(29,30)27-22-9-5-6-10-23(22)31-2/h3-16,27H,1-2H3,(H,26,28). The SMILES string of the molecule is COc1ccccc1NS(=O)(=O)c1cc(NC(=O)c2ccc3ccccc3c2)ccc1C. The molecule has 0 aliphatic carbocycles. The average Bonchev–Trinajstić information content (AvgIpc) is 2.80. The molecule has 0 saturated carbocycles. The molecule has 6 nitrogen and oxygen atoms in total. The number of rotatable bonds is 6. The monoisotopic (exact) mass is 446 g/mol. The lowest BCUT2D eigenvalue weighted by atomic mass is 10.1. The van der Waals surface area contributed by atoms with E-state index in [2.05, 4.69) is 10.0 Å². The zero-order valence-corrected chi connectivity index (χ0v) is 18.4. The molecule has 1 amide bonds. The molecule has 0 fully saturated rings. The van der Waals surface area contributed by atoms with Gasteiger partial charge in [0, 0.05) is 11.3 Å². The summed E-state index contributed by atoms with van der Waals surface area (Å²) in [6.07, 6.45) is 0. The zero-order valence-electron chi connectivity index (χ0n) is 17.6. The van der Waals surface area contributed by atoms with Gasteiger partial charge in [-0.15, -0.1) is 0 Å². The van der Waals surface area contributed by atoms with Crippen LogP contribution >= 0.6 is 0 Å². The first kappa shape index (κ1) is 21.4. The van der Waals surface area contributed by atoms with Crippen LogP contribution in [-0.2, 0) is 10.0 Å². The van der Waals surface area contributed by atoms with Gasteiger partial charge >= 0.3 is 0 Å². The Hall–Kier alpha value is -3.84. The number of nitrogens with one attached hydrogen (secondary N) is 2. The van der Waals surface area contributed by atoms with Crippen LogP contribution in [0.4, 0.5) is 11.4 Å². The second kappa shape index (κ2) is 8.72. The Morgan fingerprint density at radius 3 is 2.34 bits per heavy atom. The van der Waals surface area contributed by atoms with Gasteiger partial charge in [0.25, 0.3) is 15.9 Å². The first-order valence-corrected chi connectivity index (χ1v) is 11.4. The molecular formula is C25H22N2O4S. The molecule has 4 aromatic rings. The van der Waals surface area contributed by atoms with Gasteiger partial charge in [0.15, 0.2) is 0 Å². The Kier molecular flexibility index (Phi) is 5.83. The van der Waals surface area contributed by atoms with Crippen LogP contribution in [0.3, 0.4) is 0 Å². The van der Waals surface area contributed by atoms with E-state index in [1.807, 2.05) is 30.3 Å². The molecule has 4 rings (SSSR count). The van der Waals surface area contributed by atoms with Crippen LogP contribution in [0.25, 0.3) is 10.8 Å². The van der Waals surface area contributed by atoms with E-state index in [1.54, 1.807) is 55.5 Å². The fourth-order valence-corrected chi connectivity index (χ4v) is 4.77. The molecule has 2 N–H and O–H groups in total. The van der Waals surface area contributed by atoms with Crippen molar-refractivity contribution in [3.05, 3.63) is 96.1 Å². The topological polar surface area (TPSA) is 84.5 Å². The quantitative estimate of drug-likeness (QED) is 0.426. The van der Waals surface area contributed by atoms with Crippen molar-refractivity contribution in [2.24, 2.45) is 0 Å². The number of hydrogen-bond acceptors (Lipinski definition) is 4. The van der Waals surface area contributed by atoms with E-state index in [4.69, 9.17) is 4.74 Å². The van der Waals surface area contributed by atoms with Gasteiger partial charge in [0.2, 0.25) is 0 Å². The molecule has 0 aliphatic rings. The summed E-state index contributed by atoms with van der Waals surface area (Å²) in [5, 5.41) is 4.78. The highest BCUT2D eigenvalue weighted by Gasteiger charge is 2.20. The summed E-state index contributed by atoms with van der Waals surface area (Å²) < 4.78 is 33.9. The van der Waals surface area contributed by atoms with Crippen LogP contribution < -0.4 is 14.8 Å². The number of para-hydroxylation sites is 2. The van der Waals surface area contributed by atoms with Crippen molar-refractivity contribution in [2.75, 3.05) is 17.1 Å². The molecule has 32 heavy (non-hydrogen) atoms. The number of benzene rings is 4. The van der Waals surface area contributed by atoms with Gasteiger partial charge in [-0.2, -0.15) is 0 Å². The molecule has 0 unspecified atom stereocenters. The molecular weight excluding hydrogens is 424 g/mol. The highest BCUT2D eigenvalue weighted by molar-refractivity contribution is 7.92. The zero-order chi connectivity index (χ0) is 22.7. The summed E-state index contributed by atoms with van der Waals surface area (Å²) in [6, 6.07) is 24.7. The minimum atomic E-state index is -3.91. The third-order valence-corrected chi connectivity index (χ3v) is 6.61. The Balaban J connectivity index is 1.61. The van der Waals surface area contributed by atoms with Gasteiger partial charge in [-0.05, 0) is 59.7 Å². The second-order valence-corrected chi connectivity index (χ2v) is 8.95. The summed E-state index contributed by atoms with van der Waals surface area (Å²) in [4.78, 5) is 12.9. The van der Waals surface area contributed by atoms with Crippen molar-refractivity contribution in [3.8, 4) is 5.75 Å². The maximum absolute atomic E-state index is 13.1. The van der Waals surface area contributed by atoms with Crippen LogP contribution in [0.5, 0.6) is 5.75 Å². The molecule has 0 aromatic heterocycles. The van der Waals surface area contributed by atoms with E-state index in [0.717, 1.165) is 10.8 Å². The fraction of sp³-hybridized carbons (Fsp3) is 0.0800. The van der Waals surface area contributed by atoms with Gasteiger partial charge in [0.1, 0.15) is 5.75 Å². The van der Waals surface area contributed by atoms with Gasteiger partial charge in [-0.25, -0.2) is 8.42 Å². The Labute approximate surface area is 186 Å². The number of hydrogen-bond donors (Lipinski definition) is 2. The normalized spacial score (nSPS) is 11.2. The molecule has 4 aromatic carbocycles. The van der Waals surface area contributed by atoms with E-state index < -0.39 is 10.0 Å². The second-order valence-electron chi connectivity index (χ2n) is 7.30. The summed E-state index contributed by atoms with van der Waals surface area (Å²) in [5.41, 5.74) is 1.76. The maximum Gasteiger partial charge on any atom is 0.262 e. The Morgan fingerprint density at radius 2 is 1.56 bits per heavy atom. The van der Waals surface area contributed by atoms with Gasteiger partial charge in [0.05, 0.1) is 17.7 Å². The number of fused-ring (bicyclic) bond motifs is 1. The van der Waals surface area contributed by atoms with Crippen LogP contribution in [0.15, 0.2) is 89.8 Å². The minimum Gasteiger partial charge on any atom is -0.495 e. The lowest BCUT2D eigenvalue weighted by Gasteiger charge is -2.14. The van der Waals surface area contributed by atoms with Crippen molar-refractivity contribution in [1.82, 2.24) is 0 Å². The van der Waals surface area contributed by atoms with E-state index >= 15 is 0 Å². The lowest BCUT2D eigenvalue weighted by Crippen LogP contribution is -2.16. The number of methoxy groups -OCH3 is 1. The molecule has 0 bridgehead atoms. The number of anilines is 2. The van der Waals surface area contributed by atoms with Crippen LogP contribution in [0, 0.1) is 6.92 Å². The van der Waals surface area contributed by atoms with Crippen molar-refractivity contribution in [2.45, 2.75) is 11.8 Å². The van der Waals surface area contributed by atoms with Crippen LogP contribution in [0.2, 0.25) is 0 Å². The number of aryl methyl sites for hydroxylation is 1. The Morgan fingerprint density at radius 1 is 0.844 bits per heavy atom. The predicted molar refractivity (Wildman–Crippen MR) is 127 cm³/mol. The number of sulfonamides is 1. The average molecular weight is 447 g/mol. The molecule has 0 atom stereocenters. The number of carbonyl (C=O) groups excluding carboxylic acids is 1. The van der Waals surface area contributed by atoms with Gasteiger partial charge < -0.3 is 10.1 Å². The van der Waals surface area contributed by atoms with E-state index in [-0.39, 0.29) is 10.8 Å².